The Hall–Kier alpha value is -2.59. The van der Waals surface area contributed by atoms with Crippen molar-refractivity contribution in [2.75, 3.05) is 11.9 Å². The summed E-state index contributed by atoms with van der Waals surface area (Å²) >= 11 is 0. The van der Waals surface area contributed by atoms with E-state index in [0.29, 0.717) is 16.7 Å². The number of aliphatic hydroxyl groups excluding tert-OH is 1. The Bertz CT molecular complexity index is 1360. The smallest absolute Gasteiger partial charge is 0.408 e. The molecule has 0 unspecified atom stereocenters. The SMILES string of the molecule is CC(C)(C)[Si](C)(C)O[C@@H]1[C@H](NOP(=O)(O)O)[C@@H](CO)O[C@H]1n1cnc2c(NC(=O)c3ccccc3)ncnc21. The number of ether oxygens (including phenoxy) is 1. The molecule has 1 aliphatic rings. The molecule has 14 nitrogen and oxygen atoms in total. The van der Waals surface area contributed by atoms with Gasteiger partial charge in [-0.25, -0.2) is 19.5 Å². The normalized spacial score (nSPS) is 22.4. The van der Waals surface area contributed by atoms with E-state index in [1.807, 2.05) is 33.9 Å². The van der Waals surface area contributed by atoms with E-state index in [9.17, 15) is 24.3 Å². The molecule has 1 fully saturated rings. The number of hydrogen-bond donors (Lipinski definition) is 5. The predicted octanol–water partition coefficient (Wildman–Crippen LogP) is 2.34. The summed E-state index contributed by atoms with van der Waals surface area (Å²) in [7, 11) is -7.40. The first-order valence-corrected chi connectivity index (χ1v) is 16.6. The van der Waals surface area contributed by atoms with E-state index in [4.69, 9.17) is 9.16 Å². The number of nitrogens with one attached hydrogen (secondary N) is 2. The van der Waals surface area contributed by atoms with Crippen molar-refractivity contribution in [2.24, 2.45) is 0 Å². The molecule has 0 aliphatic carbocycles. The van der Waals surface area contributed by atoms with Crippen molar-refractivity contribution < 1.29 is 38.0 Å². The minimum absolute atomic E-state index is 0.186. The third kappa shape index (κ3) is 6.43. The number of hydrogen-bond acceptors (Lipinski definition) is 10. The fourth-order valence-corrected chi connectivity index (χ4v) is 5.49. The first-order chi connectivity index (χ1) is 18.2. The van der Waals surface area contributed by atoms with Crippen LogP contribution >= 0.6 is 7.82 Å². The molecule has 2 aromatic heterocycles. The molecule has 1 saturated heterocycles. The molecule has 1 aromatic carbocycles. The predicted molar refractivity (Wildman–Crippen MR) is 143 cm³/mol. The van der Waals surface area contributed by atoms with E-state index < -0.39 is 47.2 Å². The van der Waals surface area contributed by atoms with Crippen molar-refractivity contribution in [3.8, 4) is 0 Å². The third-order valence-electron chi connectivity index (χ3n) is 6.98. The summed E-state index contributed by atoms with van der Waals surface area (Å²) in [5.74, 6) is -0.189. The van der Waals surface area contributed by atoms with Gasteiger partial charge >= 0.3 is 7.82 Å². The van der Waals surface area contributed by atoms with Crippen LogP contribution in [-0.2, 0) is 18.4 Å². The Kier molecular flexibility index (Phi) is 8.38. The van der Waals surface area contributed by atoms with Crippen molar-refractivity contribution in [3.05, 3.63) is 48.5 Å². The van der Waals surface area contributed by atoms with Gasteiger partial charge in [0.2, 0.25) is 0 Å². The highest BCUT2D eigenvalue weighted by Crippen LogP contribution is 2.43. The van der Waals surface area contributed by atoms with Crippen LogP contribution in [0.1, 0.15) is 37.4 Å². The molecule has 5 N–H and O–H groups in total. The van der Waals surface area contributed by atoms with Gasteiger partial charge in [0, 0.05) is 5.56 Å². The zero-order chi connectivity index (χ0) is 28.6. The average Bonchev–Trinajstić information content (AvgIpc) is 3.43. The van der Waals surface area contributed by atoms with Crippen LogP contribution in [0.2, 0.25) is 18.1 Å². The zero-order valence-electron chi connectivity index (χ0n) is 22.2. The molecule has 3 aromatic rings. The number of aromatic nitrogens is 4. The lowest BCUT2D eigenvalue weighted by Crippen LogP contribution is -2.52. The van der Waals surface area contributed by atoms with Gasteiger partial charge in [-0.15, -0.1) is 0 Å². The maximum Gasteiger partial charge on any atom is 0.486 e. The molecule has 0 bridgehead atoms. The van der Waals surface area contributed by atoms with Gasteiger partial charge in [-0.3, -0.25) is 9.36 Å². The maximum absolute atomic E-state index is 12.7. The van der Waals surface area contributed by atoms with Gasteiger partial charge in [0.25, 0.3) is 5.91 Å². The molecular formula is C23H33N6O8PSi. The minimum Gasteiger partial charge on any atom is -0.408 e. The van der Waals surface area contributed by atoms with Crippen molar-refractivity contribution in [2.45, 2.75) is 63.4 Å². The number of fused-ring (bicyclic) bond motifs is 1. The molecule has 1 aliphatic heterocycles. The molecule has 16 heteroatoms. The van der Waals surface area contributed by atoms with Gasteiger partial charge in [0.15, 0.2) is 31.5 Å². The summed E-state index contributed by atoms with van der Waals surface area (Å²) in [5.41, 5.74) is 3.41. The van der Waals surface area contributed by atoms with Crippen molar-refractivity contribution >= 4 is 39.0 Å². The molecule has 1 amide bonds. The van der Waals surface area contributed by atoms with Gasteiger partial charge in [-0.1, -0.05) is 39.0 Å². The average molecular weight is 581 g/mol. The van der Waals surface area contributed by atoms with Crippen LogP contribution in [0.3, 0.4) is 0 Å². The Labute approximate surface area is 226 Å². The fourth-order valence-electron chi connectivity index (χ4n) is 3.93. The molecule has 212 valence electrons. The summed E-state index contributed by atoms with van der Waals surface area (Å²) < 4.78 is 30.4. The van der Waals surface area contributed by atoms with Gasteiger partial charge in [-0.05, 0) is 30.3 Å². The minimum atomic E-state index is -4.90. The topological polar surface area (TPSA) is 190 Å². The van der Waals surface area contributed by atoms with E-state index >= 15 is 0 Å². The fraction of sp³-hybridized carbons (Fsp3) is 0.478. The van der Waals surface area contributed by atoms with Crippen LogP contribution < -0.4 is 10.8 Å². The summed E-state index contributed by atoms with van der Waals surface area (Å²) in [6, 6.07) is 7.68. The molecule has 0 spiro atoms. The molecule has 0 radical (unpaired) electrons. The molecule has 4 atom stereocenters. The number of hydroxylamine groups is 1. The van der Waals surface area contributed by atoms with E-state index in [-0.39, 0.29) is 16.8 Å². The Morgan fingerprint density at radius 3 is 2.49 bits per heavy atom. The Morgan fingerprint density at radius 1 is 1.18 bits per heavy atom. The zero-order valence-corrected chi connectivity index (χ0v) is 24.1. The lowest BCUT2D eigenvalue weighted by Gasteiger charge is -2.40. The number of carbonyl (C=O) groups excluding carboxylic acids is 1. The van der Waals surface area contributed by atoms with Crippen LogP contribution in [-0.4, -0.2) is 73.5 Å². The van der Waals surface area contributed by atoms with Crippen LogP contribution in [0, 0.1) is 0 Å². The third-order valence-corrected chi connectivity index (χ3v) is 11.8. The van der Waals surface area contributed by atoms with E-state index in [1.165, 1.54) is 12.7 Å². The summed E-state index contributed by atoms with van der Waals surface area (Å²) in [6.45, 7) is 9.68. The molecule has 3 heterocycles. The maximum atomic E-state index is 12.7. The van der Waals surface area contributed by atoms with Gasteiger partial charge in [-0.2, -0.15) is 10.1 Å². The van der Waals surface area contributed by atoms with Gasteiger partial charge in [0.1, 0.15) is 18.5 Å². The lowest BCUT2D eigenvalue weighted by atomic mass is 10.1. The monoisotopic (exact) mass is 580 g/mol. The quantitative estimate of drug-likeness (QED) is 0.141. The number of rotatable bonds is 9. The number of phosphoric acid groups is 1. The number of nitrogens with zero attached hydrogens (tertiary/aromatic N) is 4. The van der Waals surface area contributed by atoms with E-state index in [1.54, 1.807) is 34.9 Å². The van der Waals surface area contributed by atoms with Crippen molar-refractivity contribution in [1.82, 2.24) is 25.0 Å². The second-order valence-electron chi connectivity index (χ2n) is 10.7. The van der Waals surface area contributed by atoms with E-state index in [2.05, 4.69) is 30.4 Å². The van der Waals surface area contributed by atoms with E-state index in [0.717, 1.165) is 0 Å². The molecule has 0 saturated carbocycles. The van der Waals surface area contributed by atoms with Crippen LogP contribution in [0.4, 0.5) is 5.82 Å². The summed E-state index contributed by atoms with van der Waals surface area (Å²) in [5, 5.41) is 12.6. The van der Waals surface area contributed by atoms with Gasteiger partial charge in [0.05, 0.1) is 19.0 Å². The number of benzene rings is 1. The highest BCUT2D eigenvalue weighted by molar-refractivity contribution is 7.46. The Balaban J connectivity index is 1.72. The summed E-state index contributed by atoms with van der Waals surface area (Å²) in [4.78, 5) is 44.2. The summed E-state index contributed by atoms with van der Waals surface area (Å²) in [6.07, 6.45) is -0.0234. The number of carbonyl (C=O) groups is 1. The van der Waals surface area contributed by atoms with Crippen molar-refractivity contribution in [3.63, 3.8) is 0 Å². The highest BCUT2D eigenvalue weighted by Gasteiger charge is 2.51. The lowest BCUT2D eigenvalue weighted by molar-refractivity contribution is -0.0476. The number of aliphatic hydroxyl groups is 1. The van der Waals surface area contributed by atoms with Gasteiger partial charge < -0.3 is 29.4 Å². The first kappa shape index (κ1) is 29.4. The largest absolute Gasteiger partial charge is 0.486 e. The van der Waals surface area contributed by atoms with Crippen LogP contribution in [0.25, 0.3) is 11.2 Å². The number of imidazole rings is 1. The van der Waals surface area contributed by atoms with Crippen molar-refractivity contribution in [1.29, 1.82) is 0 Å². The highest BCUT2D eigenvalue weighted by atomic mass is 31.2. The van der Waals surface area contributed by atoms with Crippen LogP contribution in [0.5, 0.6) is 0 Å². The second-order valence-corrected chi connectivity index (χ2v) is 16.6. The van der Waals surface area contributed by atoms with Crippen LogP contribution in [0.15, 0.2) is 43.0 Å². The molecular weight excluding hydrogens is 547 g/mol. The molecule has 4 rings (SSSR count). The Morgan fingerprint density at radius 2 is 1.87 bits per heavy atom. The number of anilines is 1. The first-order valence-electron chi connectivity index (χ1n) is 12.2. The second kappa shape index (κ2) is 11.1. The molecule has 39 heavy (non-hydrogen) atoms. The standard InChI is InChI=1S/C23H33N6O8PSi/c1-23(2,3)39(4,5)36-18-16(28-37-38(32,33)34)15(11-30)35-22(18)29-13-26-17-19(24-12-25-20(17)29)27-21(31)14-9-7-6-8-10-14/h6-10,12-13,15-16,18,22,28,30H,11H2,1-5H3,(H2,32,33,34)(H,24,25,27,31)/t15-,16-,18-,22-/m1/s1. The number of amides is 1.